The molecule has 0 amide bonds. The number of hydrogen-bond acceptors (Lipinski definition) is 7. The Bertz CT molecular complexity index is 1130. The molecule has 3 heterocycles. The maximum Gasteiger partial charge on any atom is 0.236 e. The summed E-state index contributed by atoms with van der Waals surface area (Å²) < 4.78 is 7.27. The lowest BCUT2D eigenvalue weighted by molar-refractivity contribution is 0.280. The van der Waals surface area contributed by atoms with Crippen molar-refractivity contribution in [3.63, 3.8) is 0 Å². The minimum atomic E-state index is 0.0742. The third-order valence-electron chi connectivity index (χ3n) is 4.31. The van der Waals surface area contributed by atoms with Gasteiger partial charge in [-0.15, -0.1) is 0 Å². The number of nitrogens with one attached hydrogen (secondary N) is 1. The summed E-state index contributed by atoms with van der Waals surface area (Å²) in [5.41, 5.74) is 3.20. The lowest BCUT2D eigenvalue weighted by Gasteiger charge is -2.08. The minimum Gasteiger partial charge on any atom is -0.464 e. The average Bonchev–Trinajstić information content (AvgIpc) is 3.41. The fourth-order valence-electron chi connectivity index (χ4n) is 2.99. The molecule has 0 saturated heterocycles. The highest BCUT2D eigenvalue weighted by Gasteiger charge is 2.13. The maximum absolute atomic E-state index is 9.27. The molecule has 0 saturated carbocycles. The summed E-state index contributed by atoms with van der Waals surface area (Å²) in [6.07, 6.45) is 3.88. The number of nitrogens with zero attached hydrogens (tertiary/aromatic N) is 5. The first kappa shape index (κ1) is 17.7. The Morgan fingerprint density at radius 2 is 2.14 bits per heavy atom. The van der Waals surface area contributed by atoms with Gasteiger partial charge in [0.2, 0.25) is 5.82 Å². The van der Waals surface area contributed by atoms with Gasteiger partial charge in [0.25, 0.3) is 0 Å². The number of aliphatic hydroxyl groups is 1. The predicted molar refractivity (Wildman–Crippen MR) is 103 cm³/mol. The second-order valence-electron chi connectivity index (χ2n) is 6.23. The third kappa shape index (κ3) is 3.56. The highest BCUT2D eigenvalue weighted by atomic mass is 16.3. The second kappa shape index (κ2) is 7.90. The van der Waals surface area contributed by atoms with Crippen LogP contribution >= 0.6 is 0 Å². The summed E-state index contributed by atoms with van der Waals surface area (Å²) in [6, 6.07) is 13.8. The standard InChI is InChI=1S/C20H18N6O2/c21-11-17-24-19(18-20(25-17)26(13-23-18)7-3-8-27)22-12-14-4-1-5-15(10-14)16-6-2-9-28-16/h1-2,4-6,9-10,13,27H,3,7-8,12H2,(H,22,24,25). The molecule has 0 bridgehead atoms. The fraction of sp³-hybridized carbons (Fsp3) is 0.200. The van der Waals surface area contributed by atoms with E-state index in [-0.39, 0.29) is 12.4 Å². The molecule has 8 nitrogen and oxygen atoms in total. The first-order valence-corrected chi connectivity index (χ1v) is 8.89. The van der Waals surface area contributed by atoms with E-state index in [0.29, 0.717) is 36.5 Å². The van der Waals surface area contributed by atoms with Crippen LogP contribution in [0, 0.1) is 11.3 Å². The molecule has 2 N–H and O–H groups in total. The fourth-order valence-corrected chi connectivity index (χ4v) is 2.99. The number of benzene rings is 1. The molecule has 0 radical (unpaired) electrons. The summed E-state index contributed by atoms with van der Waals surface area (Å²) >= 11 is 0. The lowest BCUT2D eigenvalue weighted by atomic mass is 10.1. The summed E-state index contributed by atoms with van der Waals surface area (Å²) in [7, 11) is 0. The van der Waals surface area contributed by atoms with Crippen LogP contribution in [0.1, 0.15) is 17.8 Å². The van der Waals surface area contributed by atoms with Gasteiger partial charge in [-0.05, 0) is 30.2 Å². The zero-order chi connectivity index (χ0) is 19.3. The Morgan fingerprint density at radius 1 is 1.21 bits per heavy atom. The Balaban J connectivity index is 1.60. The SMILES string of the molecule is N#Cc1nc(NCc2cccc(-c3ccco3)c2)c2ncn(CCCO)c2n1. The van der Waals surface area contributed by atoms with Gasteiger partial charge in [0.15, 0.2) is 17.0 Å². The molecule has 4 aromatic rings. The van der Waals surface area contributed by atoms with Crippen molar-refractivity contribution in [2.45, 2.75) is 19.5 Å². The van der Waals surface area contributed by atoms with E-state index in [1.165, 1.54) is 0 Å². The molecule has 0 aliphatic rings. The molecule has 0 unspecified atom stereocenters. The largest absolute Gasteiger partial charge is 0.464 e. The van der Waals surface area contributed by atoms with Gasteiger partial charge in [-0.1, -0.05) is 18.2 Å². The molecule has 1 aromatic carbocycles. The number of hydrogen-bond donors (Lipinski definition) is 2. The summed E-state index contributed by atoms with van der Waals surface area (Å²) in [5, 5.41) is 21.6. The first-order valence-electron chi connectivity index (χ1n) is 8.89. The quantitative estimate of drug-likeness (QED) is 0.511. The first-order chi connectivity index (χ1) is 13.8. The highest BCUT2D eigenvalue weighted by Crippen LogP contribution is 2.23. The second-order valence-corrected chi connectivity index (χ2v) is 6.23. The van der Waals surface area contributed by atoms with Crippen LogP contribution in [0.2, 0.25) is 0 Å². The van der Waals surface area contributed by atoms with Crippen molar-refractivity contribution in [3.8, 4) is 17.4 Å². The van der Waals surface area contributed by atoms with E-state index in [1.54, 1.807) is 12.6 Å². The van der Waals surface area contributed by atoms with Gasteiger partial charge in [-0.2, -0.15) is 15.2 Å². The van der Waals surface area contributed by atoms with Crippen LogP contribution in [-0.2, 0) is 13.1 Å². The van der Waals surface area contributed by atoms with Crippen LogP contribution < -0.4 is 5.32 Å². The third-order valence-corrected chi connectivity index (χ3v) is 4.31. The molecular formula is C20H18N6O2. The number of nitriles is 1. The zero-order valence-electron chi connectivity index (χ0n) is 15.0. The van der Waals surface area contributed by atoms with E-state index < -0.39 is 0 Å². The Hall–Kier alpha value is -3.70. The van der Waals surface area contributed by atoms with Gasteiger partial charge < -0.3 is 19.4 Å². The molecule has 0 spiro atoms. The van der Waals surface area contributed by atoms with Gasteiger partial charge >= 0.3 is 0 Å². The van der Waals surface area contributed by atoms with Crippen LogP contribution in [0.4, 0.5) is 5.82 Å². The number of aliphatic hydroxyl groups excluding tert-OH is 1. The van der Waals surface area contributed by atoms with Gasteiger partial charge in [0.05, 0.1) is 12.6 Å². The van der Waals surface area contributed by atoms with Crippen LogP contribution in [0.25, 0.3) is 22.5 Å². The van der Waals surface area contributed by atoms with Gasteiger partial charge in [-0.25, -0.2) is 4.98 Å². The lowest BCUT2D eigenvalue weighted by Crippen LogP contribution is -2.06. The van der Waals surface area contributed by atoms with Gasteiger partial charge in [-0.3, -0.25) is 0 Å². The number of anilines is 1. The number of fused-ring (bicyclic) bond motifs is 1. The van der Waals surface area contributed by atoms with E-state index in [4.69, 9.17) is 9.52 Å². The van der Waals surface area contributed by atoms with Crippen molar-refractivity contribution >= 4 is 17.0 Å². The number of aromatic nitrogens is 4. The average molecular weight is 374 g/mol. The molecule has 4 rings (SSSR count). The Labute approximate surface area is 161 Å². The molecule has 28 heavy (non-hydrogen) atoms. The van der Waals surface area contributed by atoms with Gasteiger partial charge in [0.1, 0.15) is 11.8 Å². The van der Waals surface area contributed by atoms with E-state index in [0.717, 1.165) is 16.9 Å². The molecule has 0 fully saturated rings. The van der Waals surface area contributed by atoms with Crippen molar-refractivity contribution in [2.24, 2.45) is 0 Å². The minimum absolute atomic E-state index is 0.0742. The molecule has 8 heteroatoms. The molecule has 140 valence electrons. The summed E-state index contributed by atoms with van der Waals surface area (Å²) in [6.45, 7) is 1.15. The molecule has 0 aliphatic carbocycles. The highest BCUT2D eigenvalue weighted by molar-refractivity contribution is 5.83. The molecular weight excluding hydrogens is 356 g/mol. The van der Waals surface area contributed by atoms with Crippen LogP contribution in [0.3, 0.4) is 0 Å². The van der Waals surface area contributed by atoms with E-state index in [1.807, 2.05) is 47.0 Å². The van der Waals surface area contributed by atoms with E-state index in [9.17, 15) is 5.26 Å². The predicted octanol–water partition coefficient (Wildman–Crippen LogP) is 2.95. The Kier molecular flexibility index (Phi) is 4.99. The van der Waals surface area contributed by atoms with Crippen molar-refractivity contribution in [1.29, 1.82) is 5.26 Å². The van der Waals surface area contributed by atoms with E-state index >= 15 is 0 Å². The topological polar surface area (TPSA) is 113 Å². The summed E-state index contributed by atoms with van der Waals surface area (Å²) in [5.74, 6) is 1.39. The normalized spacial score (nSPS) is 10.9. The summed E-state index contributed by atoms with van der Waals surface area (Å²) in [4.78, 5) is 12.9. The number of imidazole rings is 1. The molecule has 0 atom stereocenters. The monoisotopic (exact) mass is 374 g/mol. The van der Waals surface area contributed by atoms with Crippen molar-refractivity contribution in [3.05, 3.63) is 60.4 Å². The van der Waals surface area contributed by atoms with Crippen LogP contribution in [0.15, 0.2) is 53.4 Å². The maximum atomic E-state index is 9.27. The van der Waals surface area contributed by atoms with Gasteiger partial charge in [0, 0.05) is 25.3 Å². The Morgan fingerprint density at radius 3 is 2.93 bits per heavy atom. The van der Waals surface area contributed by atoms with Crippen LogP contribution in [-0.4, -0.2) is 31.2 Å². The van der Waals surface area contributed by atoms with Crippen molar-refractivity contribution < 1.29 is 9.52 Å². The van der Waals surface area contributed by atoms with Crippen LogP contribution in [0.5, 0.6) is 0 Å². The van der Waals surface area contributed by atoms with Crippen molar-refractivity contribution in [2.75, 3.05) is 11.9 Å². The molecule has 0 aliphatic heterocycles. The van der Waals surface area contributed by atoms with E-state index in [2.05, 4.69) is 20.3 Å². The van der Waals surface area contributed by atoms with Crippen molar-refractivity contribution in [1.82, 2.24) is 19.5 Å². The number of aryl methyl sites for hydroxylation is 1. The number of rotatable bonds is 7. The smallest absolute Gasteiger partial charge is 0.236 e. The molecule has 3 aromatic heterocycles. The zero-order valence-corrected chi connectivity index (χ0v) is 15.0. The number of furan rings is 1.